The highest BCUT2D eigenvalue weighted by Crippen LogP contribution is 2.27. The average molecular weight is 191 g/mol. The molecule has 1 aliphatic carbocycles. The fourth-order valence-corrected chi connectivity index (χ4v) is 1.99. The highest BCUT2D eigenvalue weighted by atomic mass is 15.0. The first-order valence-electron chi connectivity index (χ1n) is 5.22. The highest BCUT2D eigenvalue weighted by Gasteiger charge is 2.28. The third-order valence-electron chi connectivity index (χ3n) is 2.89. The first-order valence-corrected chi connectivity index (χ1v) is 5.22. The molecule has 0 aliphatic heterocycles. The van der Waals surface area contributed by atoms with Gasteiger partial charge in [-0.3, -0.25) is 0 Å². The average Bonchev–Trinajstić information content (AvgIpc) is 2.65. The molecule has 0 aromatic carbocycles. The summed E-state index contributed by atoms with van der Waals surface area (Å²) >= 11 is 0. The predicted molar refractivity (Wildman–Crippen MR) is 58.1 cm³/mol. The van der Waals surface area contributed by atoms with E-state index in [4.69, 9.17) is 5.73 Å². The Labute approximate surface area is 84.7 Å². The van der Waals surface area contributed by atoms with Gasteiger partial charge in [-0.25, -0.2) is 4.98 Å². The quantitative estimate of drug-likeness (QED) is 0.765. The van der Waals surface area contributed by atoms with Gasteiger partial charge in [0.15, 0.2) is 0 Å². The van der Waals surface area contributed by atoms with Crippen molar-refractivity contribution in [3.63, 3.8) is 0 Å². The highest BCUT2D eigenvalue weighted by molar-refractivity contribution is 5.33. The molecule has 0 saturated heterocycles. The van der Waals surface area contributed by atoms with Crippen LogP contribution in [0.25, 0.3) is 0 Å². The molecule has 1 aliphatic rings. The lowest BCUT2D eigenvalue weighted by Crippen LogP contribution is -2.43. The Morgan fingerprint density at radius 1 is 1.36 bits per heavy atom. The molecule has 0 amide bonds. The van der Waals surface area contributed by atoms with Crippen molar-refractivity contribution in [3.05, 3.63) is 24.4 Å². The summed E-state index contributed by atoms with van der Waals surface area (Å²) in [6.45, 7) is 0.837. The van der Waals surface area contributed by atoms with Crippen molar-refractivity contribution < 1.29 is 0 Å². The number of rotatable bonds is 3. The van der Waals surface area contributed by atoms with Crippen molar-refractivity contribution in [1.82, 2.24) is 4.98 Å². The van der Waals surface area contributed by atoms with Crippen LogP contribution in [0.3, 0.4) is 0 Å². The lowest BCUT2D eigenvalue weighted by atomic mass is 9.99. The topological polar surface area (TPSA) is 50.9 Å². The van der Waals surface area contributed by atoms with Crippen LogP contribution >= 0.6 is 0 Å². The van der Waals surface area contributed by atoms with Crippen molar-refractivity contribution in [2.24, 2.45) is 5.73 Å². The predicted octanol–water partition coefficient (Wildman–Crippen LogP) is 1.76. The maximum atomic E-state index is 6.22. The summed E-state index contributed by atoms with van der Waals surface area (Å²) in [4.78, 5) is 4.20. The normalized spacial score (nSPS) is 19.5. The minimum Gasteiger partial charge on any atom is -0.368 e. The molecule has 1 heterocycles. The Kier molecular flexibility index (Phi) is 2.68. The van der Waals surface area contributed by atoms with E-state index in [9.17, 15) is 0 Å². The third kappa shape index (κ3) is 2.23. The third-order valence-corrected chi connectivity index (χ3v) is 2.89. The van der Waals surface area contributed by atoms with Crippen LogP contribution in [0.4, 0.5) is 5.82 Å². The minimum atomic E-state index is -0.00246. The molecule has 14 heavy (non-hydrogen) atoms. The molecule has 1 aromatic heterocycles. The number of nitrogens with one attached hydrogen (secondary N) is 1. The molecule has 0 unspecified atom stereocenters. The molecule has 3 N–H and O–H groups in total. The van der Waals surface area contributed by atoms with Crippen LogP contribution in [0.5, 0.6) is 0 Å². The molecule has 0 bridgehead atoms. The van der Waals surface area contributed by atoms with E-state index in [0.717, 1.165) is 25.2 Å². The van der Waals surface area contributed by atoms with Crippen LogP contribution in [0.1, 0.15) is 25.7 Å². The van der Waals surface area contributed by atoms with Crippen molar-refractivity contribution >= 4 is 5.82 Å². The molecule has 0 atom stereocenters. The molecule has 0 spiro atoms. The standard InChI is InChI=1S/C11H17N3/c12-11(6-2-3-7-11)9-14-10-5-1-4-8-13-10/h1,4-5,8H,2-3,6-7,9,12H2,(H,13,14). The van der Waals surface area contributed by atoms with E-state index in [0.29, 0.717) is 0 Å². The Balaban J connectivity index is 1.88. The fraction of sp³-hybridized carbons (Fsp3) is 0.545. The zero-order valence-corrected chi connectivity index (χ0v) is 8.37. The second-order valence-corrected chi connectivity index (χ2v) is 4.14. The van der Waals surface area contributed by atoms with Gasteiger partial charge in [-0.15, -0.1) is 0 Å². The SMILES string of the molecule is NC1(CNc2ccccn2)CCCC1. The summed E-state index contributed by atoms with van der Waals surface area (Å²) in [6.07, 6.45) is 6.58. The van der Waals surface area contributed by atoms with Gasteiger partial charge in [0.1, 0.15) is 5.82 Å². The number of hydrogen-bond acceptors (Lipinski definition) is 3. The Hall–Kier alpha value is -1.09. The fourth-order valence-electron chi connectivity index (χ4n) is 1.99. The van der Waals surface area contributed by atoms with Crippen molar-refractivity contribution in [3.8, 4) is 0 Å². The van der Waals surface area contributed by atoms with Crippen molar-refractivity contribution in [1.29, 1.82) is 0 Å². The number of nitrogens with two attached hydrogens (primary N) is 1. The zero-order chi connectivity index (χ0) is 9.86. The zero-order valence-electron chi connectivity index (χ0n) is 8.37. The van der Waals surface area contributed by atoms with Gasteiger partial charge in [-0.1, -0.05) is 18.9 Å². The van der Waals surface area contributed by atoms with Crippen LogP contribution < -0.4 is 11.1 Å². The van der Waals surface area contributed by atoms with Gasteiger partial charge in [0, 0.05) is 18.3 Å². The van der Waals surface area contributed by atoms with Crippen LogP contribution in [-0.2, 0) is 0 Å². The molecule has 76 valence electrons. The summed E-state index contributed by atoms with van der Waals surface area (Å²) in [6, 6.07) is 5.87. The van der Waals surface area contributed by atoms with E-state index in [2.05, 4.69) is 10.3 Å². The van der Waals surface area contributed by atoms with Gasteiger partial charge in [-0.05, 0) is 25.0 Å². The van der Waals surface area contributed by atoms with Gasteiger partial charge in [0.2, 0.25) is 0 Å². The molecule has 3 nitrogen and oxygen atoms in total. The lowest BCUT2D eigenvalue weighted by molar-refractivity contribution is 0.463. The van der Waals surface area contributed by atoms with E-state index in [1.807, 2.05) is 18.2 Å². The van der Waals surface area contributed by atoms with Crippen LogP contribution in [-0.4, -0.2) is 17.1 Å². The molecule has 1 aromatic rings. The summed E-state index contributed by atoms with van der Waals surface area (Å²) in [5, 5.41) is 3.29. The summed E-state index contributed by atoms with van der Waals surface area (Å²) in [7, 11) is 0. The second-order valence-electron chi connectivity index (χ2n) is 4.14. The van der Waals surface area contributed by atoms with Gasteiger partial charge in [0.05, 0.1) is 0 Å². The second kappa shape index (κ2) is 3.96. The molecule has 1 fully saturated rings. The minimum absolute atomic E-state index is 0.00246. The summed E-state index contributed by atoms with van der Waals surface area (Å²) in [5.74, 6) is 0.921. The van der Waals surface area contributed by atoms with Crippen LogP contribution in [0.2, 0.25) is 0 Å². The van der Waals surface area contributed by atoms with Crippen molar-refractivity contribution in [2.45, 2.75) is 31.2 Å². The van der Waals surface area contributed by atoms with Gasteiger partial charge >= 0.3 is 0 Å². The maximum Gasteiger partial charge on any atom is 0.125 e. The molecule has 0 radical (unpaired) electrons. The molecular formula is C11H17N3. The molecule has 3 heteroatoms. The van der Waals surface area contributed by atoms with E-state index in [1.165, 1.54) is 12.8 Å². The number of hydrogen-bond donors (Lipinski definition) is 2. The lowest BCUT2D eigenvalue weighted by Gasteiger charge is -2.23. The number of anilines is 1. The number of aromatic nitrogens is 1. The summed E-state index contributed by atoms with van der Waals surface area (Å²) in [5.41, 5.74) is 6.21. The van der Waals surface area contributed by atoms with E-state index >= 15 is 0 Å². The molecule has 1 saturated carbocycles. The largest absolute Gasteiger partial charge is 0.368 e. The van der Waals surface area contributed by atoms with Gasteiger partial charge in [0.25, 0.3) is 0 Å². The Bertz CT molecular complexity index is 278. The maximum absolute atomic E-state index is 6.22. The van der Waals surface area contributed by atoms with E-state index in [-0.39, 0.29) is 5.54 Å². The Morgan fingerprint density at radius 2 is 2.14 bits per heavy atom. The van der Waals surface area contributed by atoms with Gasteiger partial charge < -0.3 is 11.1 Å². The van der Waals surface area contributed by atoms with E-state index < -0.39 is 0 Å². The monoisotopic (exact) mass is 191 g/mol. The van der Waals surface area contributed by atoms with E-state index in [1.54, 1.807) is 6.20 Å². The summed E-state index contributed by atoms with van der Waals surface area (Å²) < 4.78 is 0. The number of pyridine rings is 1. The Morgan fingerprint density at radius 3 is 2.79 bits per heavy atom. The first kappa shape index (κ1) is 9.46. The smallest absolute Gasteiger partial charge is 0.125 e. The number of nitrogens with zero attached hydrogens (tertiary/aromatic N) is 1. The van der Waals surface area contributed by atoms with Crippen LogP contribution in [0, 0.1) is 0 Å². The van der Waals surface area contributed by atoms with Crippen molar-refractivity contribution in [2.75, 3.05) is 11.9 Å². The first-order chi connectivity index (χ1) is 6.79. The van der Waals surface area contributed by atoms with Crippen LogP contribution in [0.15, 0.2) is 24.4 Å². The molecular weight excluding hydrogens is 174 g/mol. The van der Waals surface area contributed by atoms with Gasteiger partial charge in [-0.2, -0.15) is 0 Å². The molecule has 2 rings (SSSR count).